The number of ether oxygens (including phenoxy) is 1. The summed E-state index contributed by atoms with van der Waals surface area (Å²) < 4.78 is 5.29. The van der Waals surface area contributed by atoms with Crippen molar-refractivity contribution in [2.75, 3.05) is 17.7 Å². The average Bonchev–Trinajstić information content (AvgIpc) is 2.70. The first-order valence-electron chi connectivity index (χ1n) is 8.32. The van der Waals surface area contributed by atoms with Crippen molar-refractivity contribution in [3.05, 3.63) is 76.8 Å². The van der Waals surface area contributed by atoms with Crippen LogP contribution in [0.25, 0.3) is 0 Å². The van der Waals surface area contributed by atoms with Crippen molar-refractivity contribution in [3.63, 3.8) is 0 Å². The van der Waals surface area contributed by atoms with Gasteiger partial charge in [0.25, 0.3) is 5.91 Å². The van der Waals surface area contributed by atoms with Gasteiger partial charge in [-0.1, -0.05) is 17.7 Å². The molecular formula is C20H19ClN4O2. The van der Waals surface area contributed by atoms with Crippen molar-refractivity contribution in [1.29, 1.82) is 0 Å². The van der Waals surface area contributed by atoms with Gasteiger partial charge < -0.3 is 15.4 Å². The number of halogens is 1. The summed E-state index contributed by atoms with van der Waals surface area (Å²) in [5, 5.41) is 6.63. The minimum Gasteiger partial charge on any atom is -0.495 e. The Morgan fingerprint density at radius 1 is 1.15 bits per heavy atom. The van der Waals surface area contributed by atoms with E-state index in [1.54, 1.807) is 36.7 Å². The highest BCUT2D eigenvalue weighted by molar-refractivity contribution is 6.31. The smallest absolute Gasteiger partial charge is 0.274 e. The number of rotatable bonds is 6. The summed E-state index contributed by atoms with van der Waals surface area (Å²) in [6.45, 7) is 2.41. The van der Waals surface area contributed by atoms with Gasteiger partial charge in [0, 0.05) is 29.2 Å². The van der Waals surface area contributed by atoms with E-state index in [0.717, 1.165) is 16.9 Å². The summed E-state index contributed by atoms with van der Waals surface area (Å²) in [6.07, 6.45) is 3.32. The molecule has 0 saturated carbocycles. The molecule has 1 aromatic carbocycles. The van der Waals surface area contributed by atoms with Crippen LogP contribution in [0.1, 0.15) is 21.7 Å². The van der Waals surface area contributed by atoms with E-state index in [4.69, 9.17) is 16.3 Å². The summed E-state index contributed by atoms with van der Waals surface area (Å²) in [5.74, 6) is 0.153. The van der Waals surface area contributed by atoms with Gasteiger partial charge in [-0.05, 0) is 42.8 Å². The highest BCUT2D eigenvalue weighted by atomic mass is 35.5. The number of aryl methyl sites for hydroxylation is 1. The number of methoxy groups -OCH3 is 1. The van der Waals surface area contributed by atoms with Gasteiger partial charge in [-0.2, -0.15) is 0 Å². The molecule has 0 spiro atoms. The summed E-state index contributed by atoms with van der Waals surface area (Å²) >= 11 is 6.11. The Morgan fingerprint density at radius 3 is 2.74 bits per heavy atom. The molecule has 6 nitrogen and oxygen atoms in total. The zero-order valence-electron chi connectivity index (χ0n) is 15.0. The third-order valence-electron chi connectivity index (χ3n) is 3.92. The normalized spacial score (nSPS) is 10.3. The van der Waals surface area contributed by atoms with Crippen LogP contribution in [0.2, 0.25) is 5.02 Å². The van der Waals surface area contributed by atoms with Gasteiger partial charge in [0.15, 0.2) is 0 Å². The Kier molecular flexibility index (Phi) is 5.88. The molecule has 27 heavy (non-hydrogen) atoms. The number of pyridine rings is 2. The third-order valence-corrected chi connectivity index (χ3v) is 4.33. The highest BCUT2D eigenvalue weighted by Gasteiger charge is 2.13. The van der Waals surface area contributed by atoms with Crippen molar-refractivity contribution in [2.24, 2.45) is 0 Å². The van der Waals surface area contributed by atoms with Crippen LogP contribution in [-0.2, 0) is 6.54 Å². The van der Waals surface area contributed by atoms with Crippen molar-refractivity contribution >= 4 is 28.9 Å². The Morgan fingerprint density at radius 2 is 2.00 bits per heavy atom. The number of aromatic nitrogens is 2. The average molecular weight is 383 g/mol. The van der Waals surface area contributed by atoms with Gasteiger partial charge in [0.1, 0.15) is 11.4 Å². The molecule has 2 heterocycles. The van der Waals surface area contributed by atoms with E-state index in [1.807, 2.05) is 25.1 Å². The van der Waals surface area contributed by atoms with E-state index < -0.39 is 0 Å². The van der Waals surface area contributed by atoms with Crippen molar-refractivity contribution < 1.29 is 9.53 Å². The molecule has 0 bridgehead atoms. The van der Waals surface area contributed by atoms with Gasteiger partial charge >= 0.3 is 0 Å². The Bertz CT molecular complexity index is 948. The largest absolute Gasteiger partial charge is 0.495 e. The maximum absolute atomic E-state index is 12.6. The maximum atomic E-state index is 12.6. The minimum absolute atomic E-state index is 0.288. The molecule has 138 valence electrons. The predicted molar refractivity (Wildman–Crippen MR) is 106 cm³/mol. The van der Waals surface area contributed by atoms with E-state index in [1.165, 1.54) is 7.11 Å². The first kappa shape index (κ1) is 18.7. The number of carbonyl (C=O) groups is 1. The zero-order valence-corrected chi connectivity index (χ0v) is 15.7. The molecule has 0 aliphatic heterocycles. The lowest BCUT2D eigenvalue weighted by molar-refractivity contribution is 0.102. The van der Waals surface area contributed by atoms with Crippen LogP contribution in [0.5, 0.6) is 5.75 Å². The van der Waals surface area contributed by atoms with Gasteiger partial charge in [0.05, 0.1) is 25.0 Å². The van der Waals surface area contributed by atoms with Crippen molar-refractivity contribution in [2.45, 2.75) is 13.5 Å². The second-order valence-electron chi connectivity index (χ2n) is 5.86. The second kappa shape index (κ2) is 8.51. The summed E-state index contributed by atoms with van der Waals surface area (Å²) in [7, 11) is 1.52. The Balaban J connectivity index is 1.73. The standard InChI is InChI=1S/C20H19ClN4O2/c1-13-9-17(19(27-2)11-16(13)21)25-20(26)18-10-14(6-8-23-18)24-12-15-5-3-4-7-22-15/h3-11H,12H2,1-2H3,(H,23,24)(H,25,26). The molecule has 0 saturated heterocycles. The zero-order chi connectivity index (χ0) is 19.2. The van der Waals surface area contributed by atoms with Crippen molar-refractivity contribution in [3.8, 4) is 5.75 Å². The number of hydrogen-bond donors (Lipinski definition) is 2. The molecule has 0 atom stereocenters. The first-order chi connectivity index (χ1) is 13.1. The number of benzene rings is 1. The Hall–Kier alpha value is -3.12. The van der Waals surface area contributed by atoms with Gasteiger partial charge in [0.2, 0.25) is 0 Å². The molecular weight excluding hydrogens is 364 g/mol. The molecule has 1 amide bonds. The third kappa shape index (κ3) is 4.74. The van der Waals surface area contributed by atoms with Crippen LogP contribution in [0.15, 0.2) is 54.9 Å². The van der Waals surface area contributed by atoms with E-state index in [9.17, 15) is 4.79 Å². The monoisotopic (exact) mass is 382 g/mol. The minimum atomic E-state index is -0.337. The molecule has 2 aromatic heterocycles. The van der Waals surface area contributed by atoms with E-state index in [0.29, 0.717) is 23.0 Å². The number of amides is 1. The quantitative estimate of drug-likeness (QED) is 0.664. The number of nitrogens with one attached hydrogen (secondary N) is 2. The van der Waals surface area contributed by atoms with E-state index >= 15 is 0 Å². The number of nitrogens with zero attached hydrogens (tertiary/aromatic N) is 2. The molecule has 3 aromatic rings. The van der Waals surface area contributed by atoms with Gasteiger partial charge in [-0.25, -0.2) is 0 Å². The first-order valence-corrected chi connectivity index (χ1v) is 8.70. The number of anilines is 2. The summed E-state index contributed by atoms with van der Waals surface area (Å²) in [4.78, 5) is 21.0. The lowest BCUT2D eigenvalue weighted by Gasteiger charge is -2.12. The molecule has 0 unspecified atom stereocenters. The topological polar surface area (TPSA) is 76.1 Å². The molecule has 7 heteroatoms. The van der Waals surface area contributed by atoms with Crippen molar-refractivity contribution in [1.82, 2.24) is 9.97 Å². The molecule has 0 aliphatic carbocycles. The Labute approximate surface area is 162 Å². The SMILES string of the molecule is COc1cc(Cl)c(C)cc1NC(=O)c1cc(NCc2ccccn2)ccn1. The van der Waals surface area contributed by atoms with Gasteiger partial charge in [-0.3, -0.25) is 14.8 Å². The molecule has 0 radical (unpaired) electrons. The summed E-state index contributed by atoms with van der Waals surface area (Å²) in [6, 6.07) is 12.6. The van der Waals surface area contributed by atoms with E-state index in [-0.39, 0.29) is 11.6 Å². The molecule has 0 fully saturated rings. The van der Waals surface area contributed by atoms with Crippen LogP contribution >= 0.6 is 11.6 Å². The lowest BCUT2D eigenvalue weighted by atomic mass is 10.2. The predicted octanol–water partition coefficient (Wildman–Crippen LogP) is 4.31. The fraction of sp³-hybridized carbons (Fsp3) is 0.150. The summed E-state index contributed by atoms with van der Waals surface area (Å²) in [5.41, 5.74) is 3.35. The second-order valence-corrected chi connectivity index (χ2v) is 6.27. The highest BCUT2D eigenvalue weighted by Crippen LogP contribution is 2.31. The maximum Gasteiger partial charge on any atom is 0.274 e. The number of carbonyl (C=O) groups excluding carboxylic acids is 1. The van der Waals surface area contributed by atoms with E-state index in [2.05, 4.69) is 20.6 Å². The van der Waals surface area contributed by atoms with Gasteiger partial charge in [-0.15, -0.1) is 0 Å². The molecule has 0 aliphatic rings. The van der Waals surface area contributed by atoms with Crippen LogP contribution < -0.4 is 15.4 Å². The van der Waals surface area contributed by atoms with Crippen LogP contribution in [0.3, 0.4) is 0 Å². The number of hydrogen-bond acceptors (Lipinski definition) is 5. The molecule has 2 N–H and O–H groups in total. The van der Waals surface area contributed by atoms with Crippen LogP contribution in [-0.4, -0.2) is 23.0 Å². The molecule has 3 rings (SSSR count). The fourth-order valence-corrected chi connectivity index (χ4v) is 2.63. The van der Waals surface area contributed by atoms with Crippen LogP contribution in [0.4, 0.5) is 11.4 Å². The lowest BCUT2D eigenvalue weighted by Crippen LogP contribution is -2.15. The van der Waals surface area contributed by atoms with Crippen LogP contribution in [0, 0.1) is 6.92 Å². The fourth-order valence-electron chi connectivity index (χ4n) is 2.48.